The van der Waals surface area contributed by atoms with Crippen LogP contribution in [0, 0.1) is 6.92 Å². The SMILES string of the molecule is CCCCOc1cc([C@@H](CO)CCC(=O)OC(C)(C)C)ccc1C. The van der Waals surface area contributed by atoms with Crippen molar-refractivity contribution in [3.63, 3.8) is 0 Å². The van der Waals surface area contributed by atoms with Gasteiger partial charge in [-0.05, 0) is 57.7 Å². The second kappa shape index (κ2) is 9.67. The van der Waals surface area contributed by atoms with Crippen molar-refractivity contribution in [3.05, 3.63) is 29.3 Å². The van der Waals surface area contributed by atoms with Crippen LogP contribution >= 0.6 is 0 Å². The minimum Gasteiger partial charge on any atom is -0.493 e. The number of benzene rings is 1. The number of rotatable bonds is 9. The zero-order valence-electron chi connectivity index (χ0n) is 15.7. The van der Waals surface area contributed by atoms with Crippen LogP contribution in [0.1, 0.15) is 70.4 Å². The van der Waals surface area contributed by atoms with Gasteiger partial charge in [-0.3, -0.25) is 4.79 Å². The summed E-state index contributed by atoms with van der Waals surface area (Å²) in [5, 5.41) is 9.71. The van der Waals surface area contributed by atoms with Crippen LogP contribution in [0.25, 0.3) is 0 Å². The summed E-state index contributed by atoms with van der Waals surface area (Å²) in [6.45, 7) is 10.4. The molecule has 4 nitrogen and oxygen atoms in total. The van der Waals surface area contributed by atoms with Gasteiger partial charge in [0.2, 0.25) is 0 Å². The Bertz CT molecular complexity index is 517. The van der Waals surface area contributed by atoms with Gasteiger partial charge < -0.3 is 14.6 Å². The topological polar surface area (TPSA) is 55.8 Å². The van der Waals surface area contributed by atoms with Crippen molar-refractivity contribution in [1.29, 1.82) is 0 Å². The fourth-order valence-corrected chi connectivity index (χ4v) is 2.40. The van der Waals surface area contributed by atoms with Crippen molar-refractivity contribution in [2.24, 2.45) is 0 Å². The van der Waals surface area contributed by atoms with Gasteiger partial charge in [0.1, 0.15) is 11.4 Å². The van der Waals surface area contributed by atoms with Crippen molar-refractivity contribution in [2.75, 3.05) is 13.2 Å². The fraction of sp³-hybridized carbons (Fsp3) is 0.650. The molecule has 1 rings (SSSR count). The van der Waals surface area contributed by atoms with Crippen LogP contribution in [-0.4, -0.2) is 29.9 Å². The van der Waals surface area contributed by atoms with E-state index in [2.05, 4.69) is 6.92 Å². The van der Waals surface area contributed by atoms with E-state index in [-0.39, 0.29) is 18.5 Å². The monoisotopic (exact) mass is 336 g/mol. The molecule has 1 aromatic rings. The normalized spacial score (nSPS) is 12.8. The summed E-state index contributed by atoms with van der Waals surface area (Å²) in [7, 11) is 0. The molecule has 0 radical (unpaired) electrons. The Morgan fingerprint density at radius 3 is 2.58 bits per heavy atom. The first-order valence-electron chi connectivity index (χ1n) is 8.83. The second-order valence-corrected chi connectivity index (χ2v) is 7.23. The van der Waals surface area contributed by atoms with Gasteiger partial charge in [-0.15, -0.1) is 0 Å². The maximum absolute atomic E-state index is 11.9. The molecule has 1 N–H and O–H groups in total. The molecule has 24 heavy (non-hydrogen) atoms. The highest BCUT2D eigenvalue weighted by Crippen LogP contribution is 2.28. The molecule has 0 aliphatic carbocycles. The van der Waals surface area contributed by atoms with E-state index in [1.807, 2.05) is 45.9 Å². The Balaban J connectivity index is 2.70. The first-order valence-corrected chi connectivity index (χ1v) is 8.83. The lowest BCUT2D eigenvalue weighted by molar-refractivity contribution is -0.155. The molecule has 136 valence electrons. The van der Waals surface area contributed by atoms with Crippen LogP contribution in [0.5, 0.6) is 5.75 Å². The predicted octanol–water partition coefficient (Wildman–Crippen LogP) is 4.37. The Labute approximate surface area is 146 Å². The van der Waals surface area contributed by atoms with E-state index in [9.17, 15) is 9.90 Å². The lowest BCUT2D eigenvalue weighted by atomic mass is 9.94. The van der Waals surface area contributed by atoms with Crippen LogP contribution in [0.4, 0.5) is 0 Å². The Morgan fingerprint density at radius 1 is 1.29 bits per heavy atom. The second-order valence-electron chi connectivity index (χ2n) is 7.23. The van der Waals surface area contributed by atoms with Gasteiger partial charge in [0.15, 0.2) is 0 Å². The summed E-state index contributed by atoms with van der Waals surface area (Å²) in [6.07, 6.45) is 2.96. The van der Waals surface area contributed by atoms with Gasteiger partial charge in [0.25, 0.3) is 0 Å². The maximum Gasteiger partial charge on any atom is 0.306 e. The highest BCUT2D eigenvalue weighted by atomic mass is 16.6. The van der Waals surface area contributed by atoms with Gasteiger partial charge >= 0.3 is 5.97 Å². The van der Waals surface area contributed by atoms with Gasteiger partial charge in [-0.25, -0.2) is 0 Å². The molecule has 0 bridgehead atoms. The zero-order chi connectivity index (χ0) is 18.2. The molecule has 0 saturated heterocycles. The molecule has 0 unspecified atom stereocenters. The Kier molecular flexibility index (Phi) is 8.26. The number of ether oxygens (including phenoxy) is 2. The average Bonchev–Trinajstić information content (AvgIpc) is 2.49. The van der Waals surface area contributed by atoms with Gasteiger partial charge in [-0.2, -0.15) is 0 Å². The molecule has 1 atom stereocenters. The summed E-state index contributed by atoms with van der Waals surface area (Å²) < 4.78 is 11.2. The van der Waals surface area contributed by atoms with Crippen molar-refractivity contribution < 1.29 is 19.4 Å². The molecular formula is C20H32O4. The van der Waals surface area contributed by atoms with Crippen molar-refractivity contribution in [1.82, 2.24) is 0 Å². The predicted molar refractivity (Wildman–Crippen MR) is 96.5 cm³/mol. The number of hydrogen-bond acceptors (Lipinski definition) is 4. The molecule has 0 fully saturated rings. The summed E-state index contributed by atoms with van der Waals surface area (Å²) in [5.74, 6) is 0.538. The van der Waals surface area contributed by atoms with E-state index in [0.29, 0.717) is 19.4 Å². The van der Waals surface area contributed by atoms with Crippen LogP contribution in [0.15, 0.2) is 18.2 Å². The minimum atomic E-state index is -0.476. The Hall–Kier alpha value is -1.55. The third-order valence-electron chi connectivity index (χ3n) is 3.78. The summed E-state index contributed by atoms with van der Waals surface area (Å²) in [5.41, 5.74) is 1.60. The van der Waals surface area contributed by atoms with E-state index >= 15 is 0 Å². The van der Waals surface area contributed by atoms with Crippen molar-refractivity contribution in [2.45, 2.75) is 71.8 Å². The number of carbonyl (C=O) groups excluding carboxylic acids is 1. The number of aryl methyl sites for hydroxylation is 1. The standard InChI is InChI=1S/C20H32O4/c1-6-7-12-23-18-13-16(9-8-15(18)2)17(14-21)10-11-19(22)24-20(3,4)5/h8-9,13,17,21H,6-7,10-12,14H2,1-5H3/t17-/m1/s1. The van der Waals surface area contributed by atoms with E-state index < -0.39 is 5.60 Å². The highest BCUT2D eigenvalue weighted by molar-refractivity contribution is 5.69. The summed E-state index contributed by atoms with van der Waals surface area (Å²) >= 11 is 0. The molecule has 0 saturated carbocycles. The van der Waals surface area contributed by atoms with Gasteiger partial charge in [-0.1, -0.05) is 25.5 Å². The number of unbranched alkanes of at least 4 members (excludes halogenated alkanes) is 1. The molecule has 0 amide bonds. The zero-order valence-corrected chi connectivity index (χ0v) is 15.7. The quantitative estimate of drug-likeness (QED) is 0.537. The average molecular weight is 336 g/mol. The van der Waals surface area contributed by atoms with E-state index in [1.54, 1.807) is 0 Å². The van der Waals surface area contributed by atoms with E-state index in [4.69, 9.17) is 9.47 Å². The highest BCUT2D eigenvalue weighted by Gasteiger charge is 2.19. The maximum atomic E-state index is 11.9. The molecule has 0 heterocycles. The van der Waals surface area contributed by atoms with E-state index in [0.717, 1.165) is 29.7 Å². The Morgan fingerprint density at radius 2 is 2.00 bits per heavy atom. The van der Waals surface area contributed by atoms with Crippen LogP contribution in [0.3, 0.4) is 0 Å². The molecular weight excluding hydrogens is 304 g/mol. The first kappa shape index (κ1) is 20.5. The molecule has 0 aliphatic rings. The van der Waals surface area contributed by atoms with Crippen LogP contribution in [-0.2, 0) is 9.53 Å². The number of hydrogen-bond donors (Lipinski definition) is 1. The first-order chi connectivity index (χ1) is 11.3. The van der Waals surface area contributed by atoms with Crippen LogP contribution in [0.2, 0.25) is 0 Å². The third-order valence-corrected chi connectivity index (χ3v) is 3.78. The lowest BCUT2D eigenvalue weighted by Gasteiger charge is -2.21. The summed E-state index contributed by atoms with van der Waals surface area (Å²) in [6, 6.07) is 5.99. The van der Waals surface area contributed by atoms with Gasteiger partial charge in [0, 0.05) is 18.9 Å². The molecule has 0 spiro atoms. The molecule has 0 aliphatic heterocycles. The third kappa shape index (κ3) is 7.35. The van der Waals surface area contributed by atoms with E-state index in [1.165, 1.54) is 0 Å². The lowest BCUT2D eigenvalue weighted by Crippen LogP contribution is -2.24. The minimum absolute atomic E-state index is 0.000257. The summed E-state index contributed by atoms with van der Waals surface area (Å²) in [4.78, 5) is 11.9. The molecule has 4 heteroatoms. The number of esters is 1. The number of aliphatic hydroxyl groups is 1. The van der Waals surface area contributed by atoms with Crippen molar-refractivity contribution in [3.8, 4) is 5.75 Å². The number of aliphatic hydroxyl groups excluding tert-OH is 1. The molecule has 0 aromatic heterocycles. The van der Waals surface area contributed by atoms with Gasteiger partial charge in [0.05, 0.1) is 6.61 Å². The smallest absolute Gasteiger partial charge is 0.306 e. The number of carbonyl (C=O) groups is 1. The van der Waals surface area contributed by atoms with Crippen molar-refractivity contribution >= 4 is 5.97 Å². The molecule has 1 aromatic carbocycles. The van der Waals surface area contributed by atoms with Crippen LogP contribution < -0.4 is 4.74 Å². The fourth-order valence-electron chi connectivity index (χ4n) is 2.40. The largest absolute Gasteiger partial charge is 0.493 e.